The Balaban J connectivity index is 2.36. The van der Waals surface area contributed by atoms with Crippen molar-refractivity contribution in [1.29, 1.82) is 0 Å². The number of carbonyl (C=O) groups is 1. The Labute approximate surface area is 102 Å². The van der Waals surface area contributed by atoms with Gasteiger partial charge in [-0.1, -0.05) is 6.07 Å². The molecule has 3 N–H and O–H groups in total. The highest BCUT2D eigenvalue weighted by molar-refractivity contribution is 6.04. The number of ketones is 1. The second kappa shape index (κ2) is 4.61. The van der Waals surface area contributed by atoms with Gasteiger partial charge in [0.15, 0.2) is 5.78 Å². The number of para-hydroxylation sites is 1. The maximum Gasteiger partial charge on any atom is 0.418 e. The minimum Gasteiger partial charge on any atom is -0.398 e. The number of anilines is 1. The van der Waals surface area contributed by atoms with Crippen molar-refractivity contribution >= 4 is 11.5 Å². The van der Waals surface area contributed by atoms with Gasteiger partial charge in [-0.3, -0.25) is 4.79 Å². The first-order valence-electron chi connectivity index (χ1n) is 5.64. The molecule has 1 heterocycles. The molecule has 1 saturated heterocycles. The molecule has 0 saturated carbocycles. The standard InChI is InChI=1S/C12H13F3N2O/c13-12(14,15)8-4-1-3-7(10(8)16)11(18)9-5-2-6-17-9/h1,3-4,9,17H,2,5-6,16H2. The van der Waals surface area contributed by atoms with Crippen LogP contribution < -0.4 is 11.1 Å². The predicted molar refractivity (Wildman–Crippen MR) is 61.2 cm³/mol. The number of benzene rings is 1. The third-order valence-electron chi connectivity index (χ3n) is 3.05. The first kappa shape index (κ1) is 12.9. The van der Waals surface area contributed by atoms with E-state index in [1.807, 2.05) is 0 Å². The molecule has 0 radical (unpaired) electrons. The van der Waals surface area contributed by atoms with Crippen LogP contribution in [0.15, 0.2) is 18.2 Å². The summed E-state index contributed by atoms with van der Waals surface area (Å²) in [6.07, 6.45) is -3.06. The Morgan fingerprint density at radius 2 is 2.11 bits per heavy atom. The summed E-state index contributed by atoms with van der Waals surface area (Å²) in [5.74, 6) is -0.365. The van der Waals surface area contributed by atoms with E-state index in [1.165, 1.54) is 12.1 Å². The van der Waals surface area contributed by atoms with Gasteiger partial charge in [-0.2, -0.15) is 13.2 Å². The van der Waals surface area contributed by atoms with Gasteiger partial charge < -0.3 is 11.1 Å². The Hall–Kier alpha value is -1.56. The molecule has 0 aromatic heterocycles. The molecule has 1 aliphatic heterocycles. The molecular formula is C12H13F3N2O. The fraction of sp³-hybridized carbons (Fsp3) is 0.417. The molecule has 1 aromatic rings. The maximum atomic E-state index is 12.7. The van der Waals surface area contributed by atoms with Crippen LogP contribution in [0.1, 0.15) is 28.8 Å². The molecule has 0 spiro atoms. The van der Waals surface area contributed by atoms with Gasteiger partial charge in [0.2, 0.25) is 0 Å². The first-order valence-corrected chi connectivity index (χ1v) is 5.64. The number of hydrogen-bond acceptors (Lipinski definition) is 3. The smallest absolute Gasteiger partial charge is 0.398 e. The number of halogens is 3. The molecule has 98 valence electrons. The van der Waals surface area contributed by atoms with Gasteiger partial charge in [0.25, 0.3) is 0 Å². The normalized spacial score (nSPS) is 20.1. The van der Waals surface area contributed by atoms with E-state index in [0.717, 1.165) is 12.5 Å². The molecule has 6 heteroatoms. The lowest BCUT2D eigenvalue weighted by Crippen LogP contribution is -2.31. The average Bonchev–Trinajstić information content (AvgIpc) is 2.80. The van der Waals surface area contributed by atoms with Crippen LogP contribution in [0.2, 0.25) is 0 Å². The number of nitrogen functional groups attached to an aromatic ring is 1. The van der Waals surface area contributed by atoms with Crippen LogP contribution >= 0.6 is 0 Å². The molecule has 2 rings (SSSR count). The molecule has 1 unspecified atom stereocenters. The third kappa shape index (κ3) is 2.33. The van der Waals surface area contributed by atoms with E-state index in [2.05, 4.69) is 5.32 Å². The SMILES string of the molecule is Nc1c(C(=O)C2CCCN2)cccc1C(F)(F)F. The van der Waals surface area contributed by atoms with E-state index in [0.29, 0.717) is 13.0 Å². The van der Waals surface area contributed by atoms with Crippen molar-refractivity contribution in [2.75, 3.05) is 12.3 Å². The van der Waals surface area contributed by atoms with Gasteiger partial charge in [0.05, 0.1) is 17.3 Å². The fourth-order valence-corrected chi connectivity index (χ4v) is 2.12. The van der Waals surface area contributed by atoms with Crippen LogP contribution in [0, 0.1) is 0 Å². The Bertz CT molecular complexity index is 465. The van der Waals surface area contributed by atoms with Crippen molar-refractivity contribution in [1.82, 2.24) is 5.32 Å². The van der Waals surface area contributed by atoms with E-state index >= 15 is 0 Å². The van der Waals surface area contributed by atoms with Crippen molar-refractivity contribution in [3.63, 3.8) is 0 Å². The number of alkyl halides is 3. The predicted octanol–water partition coefficient (Wildman–Crippen LogP) is 2.22. The molecule has 1 atom stereocenters. The largest absolute Gasteiger partial charge is 0.418 e. The van der Waals surface area contributed by atoms with Crippen LogP contribution in [0.25, 0.3) is 0 Å². The number of rotatable bonds is 2. The lowest BCUT2D eigenvalue weighted by Gasteiger charge is -2.15. The number of carbonyl (C=O) groups excluding carboxylic acids is 1. The summed E-state index contributed by atoms with van der Waals surface area (Å²) >= 11 is 0. The monoisotopic (exact) mass is 258 g/mol. The summed E-state index contributed by atoms with van der Waals surface area (Å²) in [6, 6.07) is 3.01. The second-order valence-corrected chi connectivity index (χ2v) is 4.28. The highest BCUT2D eigenvalue weighted by Gasteiger charge is 2.35. The minimum atomic E-state index is -4.54. The van der Waals surface area contributed by atoms with Gasteiger partial charge >= 0.3 is 6.18 Å². The molecule has 0 amide bonds. The van der Waals surface area contributed by atoms with Crippen molar-refractivity contribution in [2.24, 2.45) is 0 Å². The Kier molecular flexibility index (Phi) is 3.30. The second-order valence-electron chi connectivity index (χ2n) is 4.28. The molecule has 1 fully saturated rings. The van der Waals surface area contributed by atoms with Crippen LogP contribution in [0.3, 0.4) is 0 Å². The maximum absolute atomic E-state index is 12.7. The van der Waals surface area contributed by atoms with Crippen LogP contribution in [0.4, 0.5) is 18.9 Å². The minimum absolute atomic E-state index is 0.0516. The van der Waals surface area contributed by atoms with Gasteiger partial charge in [0.1, 0.15) is 0 Å². The highest BCUT2D eigenvalue weighted by atomic mass is 19.4. The zero-order valence-electron chi connectivity index (χ0n) is 9.55. The summed E-state index contributed by atoms with van der Waals surface area (Å²) in [5, 5.41) is 2.95. The van der Waals surface area contributed by atoms with Crippen LogP contribution in [-0.2, 0) is 6.18 Å². The lowest BCUT2D eigenvalue weighted by atomic mass is 9.98. The first-order chi connectivity index (χ1) is 8.41. The van der Waals surface area contributed by atoms with Gasteiger partial charge in [-0.05, 0) is 31.5 Å². The van der Waals surface area contributed by atoms with Gasteiger partial charge in [-0.15, -0.1) is 0 Å². The third-order valence-corrected chi connectivity index (χ3v) is 3.05. The zero-order chi connectivity index (χ0) is 13.3. The topological polar surface area (TPSA) is 55.1 Å². The van der Waals surface area contributed by atoms with Crippen LogP contribution in [0.5, 0.6) is 0 Å². The van der Waals surface area contributed by atoms with Crippen molar-refractivity contribution in [2.45, 2.75) is 25.1 Å². The number of nitrogens with one attached hydrogen (secondary N) is 1. The Morgan fingerprint density at radius 1 is 1.39 bits per heavy atom. The number of Topliss-reactive ketones (excluding diaryl/α,β-unsaturated/α-hetero) is 1. The summed E-state index contributed by atoms with van der Waals surface area (Å²) in [7, 11) is 0. The molecule has 0 bridgehead atoms. The van der Waals surface area contributed by atoms with E-state index in [1.54, 1.807) is 0 Å². The van der Waals surface area contributed by atoms with E-state index in [-0.39, 0.29) is 11.3 Å². The van der Waals surface area contributed by atoms with Gasteiger partial charge in [0, 0.05) is 5.56 Å². The van der Waals surface area contributed by atoms with Crippen LogP contribution in [-0.4, -0.2) is 18.4 Å². The lowest BCUT2D eigenvalue weighted by molar-refractivity contribution is -0.136. The van der Waals surface area contributed by atoms with Gasteiger partial charge in [-0.25, -0.2) is 0 Å². The fourth-order valence-electron chi connectivity index (χ4n) is 2.12. The number of hydrogen-bond donors (Lipinski definition) is 2. The van der Waals surface area contributed by atoms with E-state index in [4.69, 9.17) is 5.73 Å². The zero-order valence-corrected chi connectivity index (χ0v) is 9.55. The highest BCUT2D eigenvalue weighted by Crippen LogP contribution is 2.35. The quantitative estimate of drug-likeness (QED) is 0.631. The molecule has 0 aliphatic carbocycles. The molecule has 1 aromatic carbocycles. The molecule has 3 nitrogen and oxygen atoms in total. The van der Waals surface area contributed by atoms with E-state index in [9.17, 15) is 18.0 Å². The molecular weight excluding hydrogens is 245 g/mol. The average molecular weight is 258 g/mol. The summed E-state index contributed by atoms with van der Waals surface area (Å²) in [6.45, 7) is 0.704. The Morgan fingerprint density at radius 3 is 2.67 bits per heavy atom. The van der Waals surface area contributed by atoms with Crippen molar-refractivity contribution < 1.29 is 18.0 Å². The molecule has 1 aliphatic rings. The van der Waals surface area contributed by atoms with Crippen molar-refractivity contribution in [3.05, 3.63) is 29.3 Å². The summed E-state index contributed by atoms with van der Waals surface area (Å²) in [4.78, 5) is 12.0. The molecule has 18 heavy (non-hydrogen) atoms. The van der Waals surface area contributed by atoms with Crippen molar-refractivity contribution in [3.8, 4) is 0 Å². The van der Waals surface area contributed by atoms with E-state index < -0.39 is 23.5 Å². The summed E-state index contributed by atoms with van der Waals surface area (Å²) in [5.41, 5.74) is 3.98. The summed E-state index contributed by atoms with van der Waals surface area (Å²) < 4.78 is 38.0. The number of nitrogens with two attached hydrogens (primary N) is 1.